The molecule has 1 aliphatic rings. The number of urea groups is 1. The minimum absolute atomic E-state index is 0.0309. The van der Waals surface area contributed by atoms with Crippen molar-refractivity contribution in [2.45, 2.75) is 51.7 Å². The third-order valence-electron chi connectivity index (χ3n) is 6.04. The molecule has 1 aliphatic heterocycles. The summed E-state index contributed by atoms with van der Waals surface area (Å²) in [5.41, 5.74) is 2.88. The summed E-state index contributed by atoms with van der Waals surface area (Å²) < 4.78 is 0. The van der Waals surface area contributed by atoms with Gasteiger partial charge in [0.05, 0.1) is 5.92 Å². The molecule has 0 spiro atoms. The monoisotopic (exact) mass is 438 g/mol. The maximum Gasteiger partial charge on any atom is 0.326 e. The lowest BCUT2D eigenvalue weighted by molar-refractivity contribution is -0.144. The molecular formula is C25H30N2O5. The van der Waals surface area contributed by atoms with Gasteiger partial charge in [0, 0.05) is 25.6 Å². The van der Waals surface area contributed by atoms with Gasteiger partial charge in [-0.05, 0) is 43.4 Å². The molecule has 0 radical (unpaired) electrons. The summed E-state index contributed by atoms with van der Waals surface area (Å²) in [6.45, 7) is 3.86. The van der Waals surface area contributed by atoms with Crippen LogP contribution in [0, 0.1) is 5.92 Å². The predicted molar refractivity (Wildman–Crippen MR) is 120 cm³/mol. The summed E-state index contributed by atoms with van der Waals surface area (Å²) in [6, 6.07) is 15.5. The number of nitrogens with zero attached hydrogens (tertiary/aromatic N) is 2. The van der Waals surface area contributed by atoms with E-state index in [0.717, 1.165) is 16.7 Å². The summed E-state index contributed by atoms with van der Waals surface area (Å²) in [5.74, 6) is -2.77. The second kappa shape index (κ2) is 10.3. The predicted octanol–water partition coefficient (Wildman–Crippen LogP) is 3.66. The molecule has 2 amide bonds. The summed E-state index contributed by atoms with van der Waals surface area (Å²) >= 11 is 0. The van der Waals surface area contributed by atoms with Crippen molar-refractivity contribution in [2.75, 3.05) is 6.54 Å². The Labute approximate surface area is 188 Å². The Morgan fingerprint density at radius 3 is 2.22 bits per heavy atom. The zero-order valence-electron chi connectivity index (χ0n) is 18.5. The van der Waals surface area contributed by atoms with Gasteiger partial charge in [-0.1, -0.05) is 54.6 Å². The van der Waals surface area contributed by atoms with E-state index in [1.54, 1.807) is 0 Å². The normalized spacial score (nSPS) is 16.3. The highest BCUT2D eigenvalue weighted by atomic mass is 16.4. The molecule has 2 atom stereocenters. The lowest BCUT2D eigenvalue weighted by atomic mass is 9.94. The van der Waals surface area contributed by atoms with Gasteiger partial charge in [0.1, 0.15) is 6.04 Å². The van der Waals surface area contributed by atoms with Crippen LogP contribution in [0.4, 0.5) is 4.79 Å². The van der Waals surface area contributed by atoms with Gasteiger partial charge in [0.25, 0.3) is 0 Å². The van der Waals surface area contributed by atoms with Gasteiger partial charge in [0.2, 0.25) is 0 Å². The van der Waals surface area contributed by atoms with E-state index in [1.807, 2.05) is 68.4 Å². The van der Waals surface area contributed by atoms with E-state index in [9.17, 15) is 24.6 Å². The Kier molecular flexibility index (Phi) is 7.51. The number of amides is 2. The van der Waals surface area contributed by atoms with Gasteiger partial charge in [-0.3, -0.25) is 4.79 Å². The number of hydrogen-bond donors (Lipinski definition) is 2. The second-order valence-corrected chi connectivity index (χ2v) is 8.54. The van der Waals surface area contributed by atoms with E-state index in [0.29, 0.717) is 12.8 Å². The molecular weight excluding hydrogens is 408 g/mol. The third kappa shape index (κ3) is 5.46. The van der Waals surface area contributed by atoms with E-state index >= 15 is 0 Å². The number of aryl methyl sites for hydroxylation is 1. The Morgan fingerprint density at radius 1 is 1.00 bits per heavy atom. The Morgan fingerprint density at radius 2 is 1.62 bits per heavy atom. The van der Waals surface area contributed by atoms with Crippen molar-refractivity contribution in [3.8, 4) is 0 Å². The van der Waals surface area contributed by atoms with Gasteiger partial charge in [0.15, 0.2) is 0 Å². The highest BCUT2D eigenvalue weighted by molar-refractivity contribution is 5.84. The molecule has 0 aliphatic carbocycles. The number of aliphatic carboxylic acids is 2. The smallest absolute Gasteiger partial charge is 0.326 e. The average Bonchev–Trinajstić information content (AvgIpc) is 2.78. The van der Waals surface area contributed by atoms with Crippen LogP contribution in [-0.2, 0) is 29.0 Å². The fraction of sp³-hybridized carbons (Fsp3) is 0.400. The molecule has 0 saturated carbocycles. The van der Waals surface area contributed by atoms with E-state index < -0.39 is 29.9 Å². The zero-order valence-corrected chi connectivity index (χ0v) is 18.5. The first-order chi connectivity index (χ1) is 15.3. The molecule has 2 aromatic carbocycles. The standard InChI is InChI=1S/C25H30N2O5/c1-17(2)26(16-21(23(28)29)13-12-18-8-4-3-5-9-18)25(32)27-15-20-11-7-6-10-19(20)14-22(27)24(30)31/h3-11,17,21-22H,12-16H2,1-2H3,(H,28,29)(H,30,31)/t21-,22-/m0/s1. The summed E-state index contributed by atoms with van der Waals surface area (Å²) in [4.78, 5) is 40.3. The highest BCUT2D eigenvalue weighted by Crippen LogP contribution is 2.26. The van der Waals surface area contributed by atoms with Crippen molar-refractivity contribution in [1.82, 2.24) is 9.80 Å². The number of carbonyl (C=O) groups is 3. The summed E-state index contributed by atoms with van der Waals surface area (Å²) in [5, 5.41) is 19.6. The van der Waals surface area contributed by atoms with Crippen LogP contribution >= 0.6 is 0 Å². The first-order valence-electron chi connectivity index (χ1n) is 10.9. The molecule has 1 heterocycles. The third-order valence-corrected chi connectivity index (χ3v) is 6.04. The van der Waals surface area contributed by atoms with Gasteiger partial charge in [-0.25, -0.2) is 9.59 Å². The molecule has 0 aromatic heterocycles. The van der Waals surface area contributed by atoms with Crippen LogP contribution in [0.2, 0.25) is 0 Å². The van der Waals surface area contributed by atoms with Crippen LogP contribution in [0.5, 0.6) is 0 Å². The quantitative estimate of drug-likeness (QED) is 0.655. The Bertz CT molecular complexity index is 960. The highest BCUT2D eigenvalue weighted by Gasteiger charge is 2.38. The Balaban J connectivity index is 1.79. The van der Waals surface area contributed by atoms with Crippen molar-refractivity contribution >= 4 is 18.0 Å². The number of fused-ring (bicyclic) bond motifs is 1. The lowest BCUT2D eigenvalue weighted by Crippen LogP contribution is -2.56. The van der Waals surface area contributed by atoms with Crippen molar-refractivity contribution in [2.24, 2.45) is 5.92 Å². The van der Waals surface area contributed by atoms with Crippen LogP contribution < -0.4 is 0 Å². The summed E-state index contributed by atoms with van der Waals surface area (Å²) in [6.07, 6.45) is 1.22. The van der Waals surface area contributed by atoms with E-state index in [2.05, 4.69) is 0 Å². The first-order valence-corrected chi connectivity index (χ1v) is 10.9. The number of carboxylic acids is 2. The second-order valence-electron chi connectivity index (χ2n) is 8.54. The molecule has 7 heteroatoms. The van der Waals surface area contributed by atoms with E-state index in [1.165, 1.54) is 9.80 Å². The topological polar surface area (TPSA) is 98.2 Å². The summed E-state index contributed by atoms with van der Waals surface area (Å²) in [7, 11) is 0. The van der Waals surface area contributed by atoms with Gasteiger partial charge < -0.3 is 20.0 Å². The van der Waals surface area contributed by atoms with Gasteiger partial charge in [-0.15, -0.1) is 0 Å². The van der Waals surface area contributed by atoms with Crippen LogP contribution in [0.25, 0.3) is 0 Å². The van der Waals surface area contributed by atoms with E-state index in [-0.39, 0.29) is 25.6 Å². The van der Waals surface area contributed by atoms with E-state index in [4.69, 9.17) is 0 Å². The fourth-order valence-electron chi connectivity index (χ4n) is 4.14. The average molecular weight is 439 g/mol. The molecule has 2 aromatic rings. The molecule has 32 heavy (non-hydrogen) atoms. The van der Waals surface area contributed by atoms with Crippen molar-refractivity contribution in [1.29, 1.82) is 0 Å². The molecule has 0 bridgehead atoms. The zero-order chi connectivity index (χ0) is 23.3. The Hall–Kier alpha value is -3.35. The number of carboxylic acid groups (broad SMARTS) is 2. The maximum atomic E-state index is 13.5. The molecule has 0 fully saturated rings. The minimum atomic E-state index is -1.06. The van der Waals surface area contributed by atoms with Crippen LogP contribution in [0.1, 0.15) is 37.0 Å². The molecule has 0 saturated heterocycles. The molecule has 170 valence electrons. The largest absolute Gasteiger partial charge is 0.481 e. The SMILES string of the molecule is CC(C)N(C[C@H](CCc1ccccc1)C(=O)O)C(=O)N1Cc2ccccc2C[C@H]1C(=O)O. The van der Waals surface area contributed by atoms with Gasteiger partial charge >= 0.3 is 18.0 Å². The minimum Gasteiger partial charge on any atom is -0.481 e. The number of hydrogen-bond acceptors (Lipinski definition) is 3. The van der Waals surface area contributed by atoms with Crippen molar-refractivity contribution in [3.05, 3.63) is 71.3 Å². The molecule has 2 N–H and O–H groups in total. The van der Waals surface area contributed by atoms with Crippen molar-refractivity contribution < 1.29 is 24.6 Å². The van der Waals surface area contributed by atoms with Crippen LogP contribution in [0.15, 0.2) is 54.6 Å². The number of carbonyl (C=O) groups excluding carboxylic acids is 1. The molecule has 3 rings (SSSR count). The maximum absolute atomic E-state index is 13.5. The van der Waals surface area contributed by atoms with Gasteiger partial charge in [-0.2, -0.15) is 0 Å². The molecule has 0 unspecified atom stereocenters. The van der Waals surface area contributed by atoms with Crippen LogP contribution in [-0.4, -0.2) is 56.6 Å². The van der Waals surface area contributed by atoms with Crippen LogP contribution in [0.3, 0.4) is 0 Å². The first kappa shape index (κ1) is 23.3. The number of benzene rings is 2. The fourth-order valence-corrected chi connectivity index (χ4v) is 4.14. The lowest BCUT2D eigenvalue weighted by Gasteiger charge is -2.40. The molecule has 7 nitrogen and oxygen atoms in total. The number of rotatable bonds is 8. The van der Waals surface area contributed by atoms with Crippen molar-refractivity contribution in [3.63, 3.8) is 0 Å².